The minimum absolute atomic E-state index is 0.184. The van der Waals surface area contributed by atoms with Crippen LogP contribution in [-0.4, -0.2) is 34.0 Å². The SMILES string of the molecule is C#CCOc1c(CNCCOC)cc(Cl)cc1OC. The summed E-state index contributed by atoms with van der Waals surface area (Å²) in [6, 6.07) is 3.53. The van der Waals surface area contributed by atoms with Crippen LogP contribution in [-0.2, 0) is 11.3 Å². The van der Waals surface area contributed by atoms with Gasteiger partial charge in [0, 0.05) is 36.9 Å². The van der Waals surface area contributed by atoms with Gasteiger partial charge in [0.05, 0.1) is 13.7 Å². The van der Waals surface area contributed by atoms with Crippen molar-refractivity contribution in [2.24, 2.45) is 0 Å². The second-order valence-corrected chi connectivity index (χ2v) is 4.20. The molecule has 1 rings (SSSR count). The van der Waals surface area contributed by atoms with Crippen LogP contribution in [0, 0.1) is 12.3 Å². The van der Waals surface area contributed by atoms with Crippen LogP contribution >= 0.6 is 11.6 Å². The molecule has 19 heavy (non-hydrogen) atoms. The summed E-state index contributed by atoms with van der Waals surface area (Å²) in [5.74, 6) is 3.63. The van der Waals surface area contributed by atoms with Crippen LogP contribution in [0.25, 0.3) is 0 Å². The van der Waals surface area contributed by atoms with E-state index >= 15 is 0 Å². The predicted octanol–water partition coefficient (Wildman–Crippen LogP) is 2.10. The van der Waals surface area contributed by atoms with E-state index in [0.29, 0.717) is 29.7 Å². The van der Waals surface area contributed by atoms with Gasteiger partial charge in [-0.1, -0.05) is 17.5 Å². The molecule has 1 aromatic rings. The van der Waals surface area contributed by atoms with Crippen molar-refractivity contribution in [3.05, 3.63) is 22.7 Å². The lowest BCUT2D eigenvalue weighted by molar-refractivity contribution is 0.199. The topological polar surface area (TPSA) is 39.7 Å². The van der Waals surface area contributed by atoms with Gasteiger partial charge in [-0.3, -0.25) is 0 Å². The van der Waals surface area contributed by atoms with Crippen molar-refractivity contribution in [3.8, 4) is 23.8 Å². The molecule has 0 unspecified atom stereocenters. The van der Waals surface area contributed by atoms with Crippen LogP contribution in [0.1, 0.15) is 5.56 Å². The summed E-state index contributed by atoms with van der Waals surface area (Å²) >= 11 is 6.05. The Bertz CT molecular complexity index is 443. The van der Waals surface area contributed by atoms with Crippen molar-refractivity contribution in [3.63, 3.8) is 0 Å². The highest BCUT2D eigenvalue weighted by Gasteiger charge is 2.12. The van der Waals surface area contributed by atoms with Gasteiger partial charge in [-0.2, -0.15) is 0 Å². The second-order valence-electron chi connectivity index (χ2n) is 3.76. The zero-order valence-corrected chi connectivity index (χ0v) is 11.9. The van der Waals surface area contributed by atoms with E-state index in [1.54, 1.807) is 20.3 Å². The first kappa shape index (κ1) is 15.6. The fourth-order valence-corrected chi connectivity index (χ4v) is 1.81. The van der Waals surface area contributed by atoms with Crippen LogP contribution in [0.3, 0.4) is 0 Å². The van der Waals surface area contributed by atoms with E-state index in [1.807, 2.05) is 6.07 Å². The molecule has 0 aromatic heterocycles. The average molecular weight is 284 g/mol. The van der Waals surface area contributed by atoms with Gasteiger partial charge in [0.15, 0.2) is 11.5 Å². The highest BCUT2D eigenvalue weighted by atomic mass is 35.5. The van der Waals surface area contributed by atoms with Gasteiger partial charge in [0.25, 0.3) is 0 Å². The van der Waals surface area contributed by atoms with Crippen molar-refractivity contribution >= 4 is 11.6 Å². The molecule has 1 aromatic carbocycles. The molecule has 0 aliphatic rings. The van der Waals surface area contributed by atoms with E-state index in [-0.39, 0.29) is 6.61 Å². The zero-order chi connectivity index (χ0) is 14.1. The molecule has 0 amide bonds. The number of halogens is 1. The molecule has 0 saturated heterocycles. The highest BCUT2D eigenvalue weighted by molar-refractivity contribution is 6.30. The molecule has 0 heterocycles. The number of terminal acetylenes is 1. The Morgan fingerprint density at radius 3 is 2.79 bits per heavy atom. The molecule has 0 aliphatic carbocycles. The number of hydrogen-bond donors (Lipinski definition) is 1. The Labute approximate surface area is 119 Å². The number of methoxy groups -OCH3 is 2. The van der Waals surface area contributed by atoms with E-state index in [1.165, 1.54) is 0 Å². The molecule has 0 spiro atoms. The maximum atomic E-state index is 6.05. The van der Waals surface area contributed by atoms with E-state index in [2.05, 4.69) is 11.2 Å². The van der Waals surface area contributed by atoms with E-state index in [0.717, 1.165) is 12.1 Å². The normalized spacial score (nSPS) is 10.0. The summed E-state index contributed by atoms with van der Waals surface area (Å²) in [6.45, 7) is 2.15. The number of ether oxygens (including phenoxy) is 3. The molecule has 0 bridgehead atoms. The highest BCUT2D eigenvalue weighted by Crippen LogP contribution is 2.34. The predicted molar refractivity (Wildman–Crippen MR) is 75.9 cm³/mol. The molecule has 1 N–H and O–H groups in total. The standard InChI is InChI=1S/C14H18ClNO3/c1-4-6-19-14-11(10-16-5-7-17-2)8-12(15)9-13(14)18-3/h1,8-9,16H,5-7,10H2,2-3H3. The third-order valence-corrected chi connectivity index (χ3v) is 2.63. The van der Waals surface area contributed by atoms with E-state index in [9.17, 15) is 0 Å². The number of nitrogens with one attached hydrogen (secondary N) is 1. The zero-order valence-electron chi connectivity index (χ0n) is 11.2. The van der Waals surface area contributed by atoms with Gasteiger partial charge in [-0.05, 0) is 6.07 Å². The van der Waals surface area contributed by atoms with Crippen LogP contribution < -0.4 is 14.8 Å². The number of benzene rings is 1. The Balaban J connectivity index is 2.85. The lowest BCUT2D eigenvalue weighted by Gasteiger charge is -2.15. The molecular formula is C14H18ClNO3. The average Bonchev–Trinajstić information content (AvgIpc) is 2.41. The Morgan fingerprint density at radius 2 is 2.16 bits per heavy atom. The monoisotopic (exact) mass is 283 g/mol. The Morgan fingerprint density at radius 1 is 1.37 bits per heavy atom. The van der Waals surface area contributed by atoms with E-state index in [4.69, 9.17) is 32.2 Å². The molecule has 0 atom stereocenters. The van der Waals surface area contributed by atoms with Gasteiger partial charge in [-0.25, -0.2) is 0 Å². The summed E-state index contributed by atoms with van der Waals surface area (Å²) in [6.07, 6.45) is 5.21. The first-order valence-electron chi connectivity index (χ1n) is 5.85. The third-order valence-electron chi connectivity index (χ3n) is 2.41. The van der Waals surface area contributed by atoms with Crippen molar-refractivity contribution in [1.29, 1.82) is 0 Å². The summed E-state index contributed by atoms with van der Waals surface area (Å²) in [5.41, 5.74) is 0.899. The fraction of sp³-hybridized carbons (Fsp3) is 0.429. The maximum Gasteiger partial charge on any atom is 0.167 e. The first-order valence-corrected chi connectivity index (χ1v) is 6.23. The molecular weight excluding hydrogens is 266 g/mol. The van der Waals surface area contributed by atoms with Crippen molar-refractivity contribution in [2.75, 3.05) is 34.0 Å². The van der Waals surface area contributed by atoms with Gasteiger partial charge in [0.1, 0.15) is 6.61 Å². The first-order chi connectivity index (χ1) is 9.22. The summed E-state index contributed by atoms with van der Waals surface area (Å²) < 4.78 is 15.8. The largest absolute Gasteiger partial charge is 0.493 e. The van der Waals surface area contributed by atoms with Crippen LogP contribution in [0.4, 0.5) is 0 Å². The minimum atomic E-state index is 0.184. The summed E-state index contributed by atoms with van der Waals surface area (Å²) in [7, 11) is 3.22. The smallest absolute Gasteiger partial charge is 0.167 e. The molecule has 0 fully saturated rings. The number of rotatable bonds is 8. The lowest BCUT2D eigenvalue weighted by atomic mass is 10.2. The van der Waals surface area contributed by atoms with Crippen LogP contribution in [0.5, 0.6) is 11.5 Å². The van der Waals surface area contributed by atoms with Gasteiger partial charge in [-0.15, -0.1) is 6.42 Å². The second kappa shape index (κ2) is 8.65. The number of hydrogen-bond acceptors (Lipinski definition) is 4. The van der Waals surface area contributed by atoms with Gasteiger partial charge in [0.2, 0.25) is 0 Å². The van der Waals surface area contributed by atoms with Gasteiger partial charge < -0.3 is 19.5 Å². The molecule has 4 nitrogen and oxygen atoms in total. The van der Waals surface area contributed by atoms with Crippen molar-refractivity contribution < 1.29 is 14.2 Å². The summed E-state index contributed by atoms with van der Waals surface area (Å²) in [4.78, 5) is 0. The fourth-order valence-electron chi connectivity index (χ4n) is 1.58. The molecule has 0 radical (unpaired) electrons. The molecule has 5 heteroatoms. The minimum Gasteiger partial charge on any atom is -0.493 e. The van der Waals surface area contributed by atoms with Crippen LogP contribution in [0.15, 0.2) is 12.1 Å². The van der Waals surface area contributed by atoms with E-state index < -0.39 is 0 Å². The Kier molecular flexibility index (Phi) is 7.12. The maximum absolute atomic E-state index is 6.05. The quantitative estimate of drug-likeness (QED) is 0.586. The van der Waals surface area contributed by atoms with Crippen molar-refractivity contribution in [2.45, 2.75) is 6.54 Å². The third kappa shape index (κ3) is 4.99. The molecule has 104 valence electrons. The van der Waals surface area contributed by atoms with Gasteiger partial charge >= 0.3 is 0 Å². The summed E-state index contributed by atoms with van der Waals surface area (Å²) in [5, 5.41) is 3.82. The molecule has 0 saturated carbocycles. The lowest BCUT2D eigenvalue weighted by Crippen LogP contribution is -2.19. The molecule has 0 aliphatic heterocycles. The Hall–Kier alpha value is -1.41. The van der Waals surface area contributed by atoms with Crippen molar-refractivity contribution in [1.82, 2.24) is 5.32 Å². The van der Waals surface area contributed by atoms with Crippen LogP contribution in [0.2, 0.25) is 5.02 Å².